The van der Waals surface area contributed by atoms with Gasteiger partial charge in [-0.25, -0.2) is 4.39 Å². The van der Waals surface area contributed by atoms with Crippen LogP contribution in [0, 0.1) is 5.82 Å². The molecule has 0 radical (unpaired) electrons. The molecule has 0 bridgehead atoms. The smallest absolute Gasteiger partial charge is 0.321 e. The molecule has 1 unspecified atom stereocenters. The van der Waals surface area contributed by atoms with Crippen LogP contribution in [0.2, 0.25) is 5.02 Å². The molecule has 3 nitrogen and oxygen atoms in total. The van der Waals surface area contributed by atoms with Gasteiger partial charge < -0.3 is 5.11 Å². The van der Waals surface area contributed by atoms with Gasteiger partial charge in [-0.3, -0.25) is 10.1 Å². The number of rotatable bonds is 2. The van der Waals surface area contributed by atoms with E-state index in [1.807, 2.05) is 0 Å². The van der Waals surface area contributed by atoms with E-state index in [4.69, 9.17) is 16.7 Å². The van der Waals surface area contributed by atoms with E-state index in [1.165, 1.54) is 23.9 Å². The summed E-state index contributed by atoms with van der Waals surface area (Å²) in [5.74, 6) is -0.934. The fraction of sp³-hybridized carbons (Fsp3) is 0.300. The SMILES string of the molecule is O=C(O)[C@@H]1CSC(c2c(F)cccc2Cl)N1. The second kappa shape index (κ2) is 4.61. The lowest BCUT2D eigenvalue weighted by Crippen LogP contribution is -2.33. The van der Waals surface area contributed by atoms with Crippen molar-refractivity contribution in [3.8, 4) is 0 Å². The van der Waals surface area contributed by atoms with Crippen LogP contribution in [0.1, 0.15) is 10.9 Å². The average Bonchev–Trinajstić information content (AvgIpc) is 2.66. The summed E-state index contributed by atoms with van der Waals surface area (Å²) in [7, 11) is 0. The van der Waals surface area contributed by atoms with Gasteiger partial charge >= 0.3 is 5.97 Å². The molecule has 0 spiro atoms. The van der Waals surface area contributed by atoms with E-state index >= 15 is 0 Å². The number of carboxylic acids is 1. The van der Waals surface area contributed by atoms with E-state index in [2.05, 4.69) is 5.32 Å². The van der Waals surface area contributed by atoms with Crippen LogP contribution in [0.5, 0.6) is 0 Å². The molecule has 2 atom stereocenters. The zero-order valence-corrected chi connectivity index (χ0v) is 9.69. The molecular weight excluding hydrogens is 253 g/mol. The second-order valence-corrected chi connectivity index (χ2v) is 4.95. The lowest BCUT2D eigenvalue weighted by atomic mass is 10.2. The van der Waals surface area contributed by atoms with E-state index in [0.29, 0.717) is 16.3 Å². The van der Waals surface area contributed by atoms with Crippen molar-refractivity contribution in [1.82, 2.24) is 5.32 Å². The van der Waals surface area contributed by atoms with Crippen molar-refractivity contribution in [2.24, 2.45) is 0 Å². The Morgan fingerprint density at radius 3 is 2.94 bits per heavy atom. The highest BCUT2D eigenvalue weighted by Crippen LogP contribution is 2.37. The fourth-order valence-corrected chi connectivity index (χ4v) is 3.17. The number of halogens is 2. The Morgan fingerprint density at radius 2 is 2.38 bits per heavy atom. The minimum atomic E-state index is -0.928. The van der Waals surface area contributed by atoms with Gasteiger partial charge in [0.1, 0.15) is 11.9 Å². The summed E-state index contributed by atoms with van der Waals surface area (Å²) >= 11 is 7.24. The second-order valence-electron chi connectivity index (χ2n) is 3.41. The van der Waals surface area contributed by atoms with Crippen molar-refractivity contribution in [2.75, 3.05) is 5.75 Å². The number of nitrogens with one attached hydrogen (secondary N) is 1. The number of aliphatic carboxylic acids is 1. The lowest BCUT2D eigenvalue weighted by Gasteiger charge is -2.13. The predicted octanol–water partition coefficient (Wildman–Crippen LogP) is 2.27. The maximum Gasteiger partial charge on any atom is 0.321 e. The van der Waals surface area contributed by atoms with E-state index in [1.54, 1.807) is 6.07 Å². The Labute approximate surface area is 101 Å². The molecule has 1 aromatic rings. The molecule has 0 amide bonds. The highest BCUT2D eigenvalue weighted by atomic mass is 35.5. The highest BCUT2D eigenvalue weighted by Gasteiger charge is 2.32. The van der Waals surface area contributed by atoms with E-state index in [0.717, 1.165) is 0 Å². The first-order valence-electron chi connectivity index (χ1n) is 4.64. The molecule has 1 aromatic carbocycles. The summed E-state index contributed by atoms with van der Waals surface area (Å²) in [6, 6.07) is 3.79. The Hall–Kier alpha value is -0.780. The molecule has 2 rings (SSSR count). The predicted molar refractivity (Wildman–Crippen MR) is 61.2 cm³/mol. The summed E-state index contributed by atoms with van der Waals surface area (Å²) in [5, 5.41) is 11.6. The third-order valence-electron chi connectivity index (χ3n) is 2.34. The minimum absolute atomic E-state index is 0.316. The van der Waals surface area contributed by atoms with E-state index in [9.17, 15) is 9.18 Å². The van der Waals surface area contributed by atoms with Crippen molar-refractivity contribution in [3.63, 3.8) is 0 Å². The Morgan fingerprint density at radius 1 is 1.62 bits per heavy atom. The van der Waals surface area contributed by atoms with Crippen LogP contribution in [-0.2, 0) is 4.79 Å². The molecular formula is C10H9ClFNO2S. The first-order valence-corrected chi connectivity index (χ1v) is 6.06. The average molecular weight is 262 g/mol. The topological polar surface area (TPSA) is 49.3 Å². The van der Waals surface area contributed by atoms with Gasteiger partial charge in [0.15, 0.2) is 0 Å². The standard InChI is InChI=1S/C10H9ClFNO2S/c11-5-2-1-3-6(12)8(5)9-13-7(4-16-9)10(14)15/h1-3,7,9,13H,4H2,(H,14,15)/t7-,9?/m0/s1. The van der Waals surface area contributed by atoms with Crippen molar-refractivity contribution in [2.45, 2.75) is 11.4 Å². The molecule has 1 saturated heterocycles. The summed E-state index contributed by atoms with van der Waals surface area (Å²) in [6.07, 6.45) is 0. The summed E-state index contributed by atoms with van der Waals surface area (Å²) in [4.78, 5) is 10.7. The van der Waals surface area contributed by atoms with Crippen molar-refractivity contribution < 1.29 is 14.3 Å². The third-order valence-corrected chi connectivity index (χ3v) is 3.90. The van der Waals surface area contributed by atoms with Gasteiger partial charge in [-0.15, -0.1) is 11.8 Å². The van der Waals surface area contributed by atoms with Gasteiger partial charge in [0.25, 0.3) is 0 Å². The van der Waals surface area contributed by atoms with Crippen LogP contribution < -0.4 is 5.32 Å². The van der Waals surface area contributed by atoms with Gasteiger partial charge in [0, 0.05) is 16.3 Å². The number of carboxylic acid groups (broad SMARTS) is 1. The van der Waals surface area contributed by atoms with Crippen molar-refractivity contribution in [1.29, 1.82) is 0 Å². The molecule has 86 valence electrons. The van der Waals surface area contributed by atoms with E-state index < -0.39 is 23.2 Å². The quantitative estimate of drug-likeness (QED) is 0.858. The third kappa shape index (κ3) is 2.16. The maximum absolute atomic E-state index is 13.5. The molecule has 0 saturated carbocycles. The molecule has 1 fully saturated rings. The van der Waals surface area contributed by atoms with Crippen LogP contribution in [0.25, 0.3) is 0 Å². The van der Waals surface area contributed by atoms with Crippen molar-refractivity contribution in [3.05, 3.63) is 34.6 Å². The molecule has 16 heavy (non-hydrogen) atoms. The number of hydrogen-bond acceptors (Lipinski definition) is 3. The first kappa shape index (κ1) is 11.7. The summed E-state index contributed by atoms with van der Waals surface area (Å²) < 4.78 is 13.5. The van der Waals surface area contributed by atoms with Crippen LogP contribution in [-0.4, -0.2) is 22.9 Å². The molecule has 2 N–H and O–H groups in total. The monoisotopic (exact) mass is 261 g/mol. The van der Waals surface area contributed by atoms with Crippen LogP contribution in [0.3, 0.4) is 0 Å². The Balaban J connectivity index is 2.24. The minimum Gasteiger partial charge on any atom is -0.480 e. The van der Waals surface area contributed by atoms with Crippen LogP contribution >= 0.6 is 23.4 Å². The molecule has 0 aliphatic carbocycles. The molecule has 6 heteroatoms. The van der Waals surface area contributed by atoms with Gasteiger partial charge in [-0.1, -0.05) is 17.7 Å². The number of thioether (sulfide) groups is 1. The Kier molecular flexibility index (Phi) is 3.37. The zero-order chi connectivity index (χ0) is 11.7. The van der Waals surface area contributed by atoms with Gasteiger partial charge in [-0.2, -0.15) is 0 Å². The first-order chi connectivity index (χ1) is 7.59. The molecule has 1 aliphatic heterocycles. The molecule has 1 aliphatic rings. The maximum atomic E-state index is 13.5. The molecule has 0 aromatic heterocycles. The number of carbonyl (C=O) groups is 1. The largest absolute Gasteiger partial charge is 0.480 e. The number of benzene rings is 1. The highest BCUT2D eigenvalue weighted by molar-refractivity contribution is 7.99. The van der Waals surface area contributed by atoms with Crippen LogP contribution in [0.15, 0.2) is 18.2 Å². The molecule has 1 heterocycles. The summed E-state index contributed by atoms with van der Waals surface area (Å²) in [5.41, 5.74) is 0.331. The number of hydrogen-bond donors (Lipinski definition) is 2. The Bertz CT molecular complexity index is 409. The fourth-order valence-electron chi connectivity index (χ4n) is 1.54. The normalized spacial score (nSPS) is 24.6. The summed E-state index contributed by atoms with van der Waals surface area (Å²) in [6.45, 7) is 0. The lowest BCUT2D eigenvalue weighted by molar-refractivity contribution is -0.138. The van der Waals surface area contributed by atoms with Crippen molar-refractivity contribution >= 4 is 29.3 Å². The van der Waals surface area contributed by atoms with Gasteiger partial charge in [-0.05, 0) is 12.1 Å². The van der Waals surface area contributed by atoms with Gasteiger partial charge in [0.05, 0.1) is 5.37 Å². The zero-order valence-electron chi connectivity index (χ0n) is 8.11. The van der Waals surface area contributed by atoms with Crippen LogP contribution in [0.4, 0.5) is 4.39 Å². The van der Waals surface area contributed by atoms with E-state index in [-0.39, 0.29) is 0 Å². The van der Waals surface area contributed by atoms with Gasteiger partial charge in [0.2, 0.25) is 0 Å².